The highest BCUT2D eigenvalue weighted by atomic mass is 32.1. The fourth-order valence-electron chi connectivity index (χ4n) is 0.848. The van der Waals surface area contributed by atoms with E-state index in [0.29, 0.717) is 6.42 Å². The number of rotatable bonds is 1. The molecule has 0 spiro atoms. The molecule has 1 N–H and O–H groups in total. The standard InChI is InChI=1S/C8H9NOS/c1-8(10)4-2-7(3-5-8)9-6-11/h2-4,10H,5H2,1H3/t8-/m1/s1. The van der Waals surface area contributed by atoms with Crippen LogP contribution in [-0.2, 0) is 0 Å². The van der Waals surface area contributed by atoms with Gasteiger partial charge in [-0.25, -0.2) is 0 Å². The maximum Gasteiger partial charge on any atom is 0.0838 e. The van der Waals surface area contributed by atoms with Crippen LogP contribution in [0.15, 0.2) is 28.9 Å². The van der Waals surface area contributed by atoms with Crippen LogP contribution in [0, 0.1) is 0 Å². The van der Waals surface area contributed by atoms with Crippen molar-refractivity contribution in [3.63, 3.8) is 0 Å². The normalized spacial score (nSPS) is 29.1. The largest absolute Gasteiger partial charge is 0.386 e. The molecule has 0 heterocycles. The van der Waals surface area contributed by atoms with Crippen LogP contribution in [0.4, 0.5) is 0 Å². The summed E-state index contributed by atoms with van der Waals surface area (Å²) in [5, 5.41) is 11.7. The molecule has 0 fully saturated rings. The summed E-state index contributed by atoms with van der Waals surface area (Å²) in [6.07, 6.45) is 5.86. The van der Waals surface area contributed by atoms with E-state index in [1.54, 1.807) is 19.1 Å². The van der Waals surface area contributed by atoms with E-state index in [4.69, 9.17) is 0 Å². The number of thiocarbonyl (C=S) groups is 1. The van der Waals surface area contributed by atoms with Gasteiger partial charge in [0.25, 0.3) is 0 Å². The van der Waals surface area contributed by atoms with Crippen molar-refractivity contribution < 1.29 is 5.11 Å². The molecule has 58 valence electrons. The van der Waals surface area contributed by atoms with Gasteiger partial charge in [0.1, 0.15) is 0 Å². The zero-order valence-electron chi connectivity index (χ0n) is 6.24. The van der Waals surface area contributed by atoms with Crippen LogP contribution in [-0.4, -0.2) is 15.9 Å². The van der Waals surface area contributed by atoms with Crippen molar-refractivity contribution in [3.8, 4) is 0 Å². The monoisotopic (exact) mass is 167 g/mol. The van der Waals surface area contributed by atoms with E-state index in [9.17, 15) is 5.11 Å². The maximum absolute atomic E-state index is 9.44. The van der Waals surface area contributed by atoms with E-state index in [-0.39, 0.29) is 0 Å². The van der Waals surface area contributed by atoms with E-state index in [1.165, 1.54) is 0 Å². The van der Waals surface area contributed by atoms with Crippen molar-refractivity contribution in [2.24, 2.45) is 4.99 Å². The van der Waals surface area contributed by atoms with Crippen LogP contribution < -0.4 is 0 Å². The van der Waals surface area contributed by atoms with Gasteiger partial charge >= 0.3 is 0 Å². The Morgan fingerprint density at radius 1 is 1.82 bits per heavy atom. The van der Waals surface area contributed by atoms with Crippen molar-refractivity contribution in [1.82, 2.24) is 0 Å². The minimum absolute atomic E-state index is 0.583. The molecule has 0 aromatic heterocycles. The summed E-state index contributed by atoms with van der Waals surface area (Å²) in [5.41, 5.74) is 0.0482. The molecule has 0 bridgehead atoms. The Bertz CT molecular complexity index is 259. The summed E-state index contributed by atoms with van der Waals surface area (Å²) in [6, 6.07) is 0. The molecule has 1 aliphatic rings. The number of allylic oxidation sites excluding steroid dienone is 1. The summed E-state index contributed by atoms with van der Waals surface area (Å²) >= 11 is 4.44. The molecule has 1 atom stereocenters. The number of hydrogen-bond donors (Lipinski definition) is 1. The molecule has 0 radical (unpaired) electrons. The highest BCUT2D eigenvalue weighted by Crippen LogP contribution is 2.19. The number of nitrogens with zero attached hydrogens (tertiary/aromatic N) is 1. The highest BCUT2D eigenvalue weighted by molar-refractivity contribution is 7.78. The van der Waals surface area contributed by atoms with Crippen LogP contribution in [0.25, 0.3) is 0 Å². The second-order valence-electron chi connectivity index (χ2n) is 2.73. The molecule has 11 heavy (non-hydrogen) atoms. The Labute approximate surface area is 71.0 Å². The summed E-state index contributed by atoms with van der Waals surface area (Å²) in [7, 11) is 0. The lowest BCUT2D eigenvalue weighted by molar-refractivity contribution is 0.113. The third-order valence-electron chi connectivity index (χ3n) is 1.51. The van der Waals surface area contributed by atoms with Gasteiger partial charge < -0.3 is 5.11 Å². The first-order valence-electron chi connectivity index (χ1n) is 3.34. The van der Waals surface area contributed by atoms with Crippen molar-refractivity contribution in [2.75, 3.05) is 0 Å². The lowest BCUT2D eigenvalue weighted by Gasteiger charge is -2.19. The first kappa shape index (κ1) is 8.34. The Morgan fingerprint density at radius 2 is 2.55 bits per heavy atom. The minimum Gasteiger partial charge on any atom is -0.386 e. The Balaban J connectivity index is 2.75. The fourth-order valence-corrected chi connectivity index (χ4v) is 0.953. The van der Waals surface area contributed by atoms with Gasteiger partial charge in [-0.05, 0) is 31.6 Å². The third-order valence-corrected chi connectivity index (χ3v) is 1.60. The minimum atomic E-state index is -0.722. The Kier molecular flexibility index (Phi) is 2.35. The van der Waals surface area contributed by atoms with Crippen LogP contribution in [0.3, 0.4) is 0 Å². The molecule has 1 rings (SSSR count). The molecule has 2 nitrogen and oxygen atoms in total. The summed E-state index contributed by atoms with van der Waals surface area (Å²) in [5.74, 6) is 0. The number of isothiocyanates is 1. The number of aliphatic imine (C=N–C) groups is 1. The van der Waals surface area contributed by atoms with Gasteiger partial charge in [0, 0.05) is 0 Å². The van der Waals surface area contributed by atoms with Gasteiger partial charge in [0.2, 0.25) is 0 Å². The molecule has 3 heteroatoms. The summed E-state index contributed by atoms with van der Waals surface area (Å²) in [4.78, 5) is 3.78. The smallest absolute Gasteiger partial charge is 0.0838 e. The van der Waals surface area contributed by atoms with E-state index in [0.717, 1.165) is 5.70 Å². The van der Waals surface area contributed by atoms with Crippen LogP contribution in [0.2, 0.25) is 0 Å². The Morgan fingerprint density at radius 3 is 3.00 bits per heavy atom. The van der Waals surface area contributed by atoms with Crippen LogP contribution in [0.5, 0.6) is 0 Å². The molecule has 0 aliphatic heterocycles. The van der Waals surface area contributed by atoms with Crippen molar-refractivity contribution >= 4 is 17.4 Å². The third kappa shape index (κ3) is 2.39. The predicted octanol–water partition coefficient (Wildman–Crippen LogP) is 1.68. The SMILES string of the molecule is C[C@@]1(O)C=CC(N=C=S)=CC1. The number of aliphatic hydroxyl groups is 1. The van der Waals surface area contributed by atoms with E-state index < -0.39 is 5.60 Å². The topological polar surface area (TPSA) is 32.6 Å². The molecule has 1 aliphatic carbocycles. The van der Waals surface area contributed by atoms with E-state index in [1.807, 2.05) is 6.08 Å². The maximum atomic E-state index is 9.44. The summed E-state index contributed by atoms with van der Waals surface area (Å²) in [6.45, 7) is 1.75. The van der Waals surface area contributed by atoms with Crippen LogP contribution in [0.1, 0.15) is 13.3 Å². The van der Waals surface area contributed by atoms with Gasteiger partial charge in [0.15, 0.2) is 0 Å². The molecule has 0 saturated carbocycles. The average Bonchev–Trinajstić information content (AvgIpc) is 1.94. The molecule has 0 amide bonds. The van der Waals surface area contributed by atoms with Gasteiger partial charge in [-0.15, -0.1) is 0 Å². The van der Waals surface area contributed by atoms with Gasteiger partial charge in [-0.3, -0.25) is 0 Å². The first-order chi connectivity index (χ1) is 5.14. The van der Waals surface area contributed by atoms with Gasteiger partial charge in [-0.2, -0.15) is 4.99 Å². The highest BCUT2D eigenvalue weighted by Gasteiger charge is 2.17. The number of hydrogen-bond acceptors (Lipinski definition) is 3. The second-order valence-corrected chi connectivity index (χ2v) is 2.91. The van der Waals surface area contributed by atoms with Crippen molar-refractivity contribution in [3.05, 3.63) is 23.9 Å². The predicted molar refractivity (Wildman–Crippen MR) is 47.5 cm³/mol. The molecule has 0 aromatic carbocycles. The molecule has 0 saturated heterocycles. The van der Waals surface area contributed by atoms with Crippen molar-refractivity contribution in [1.29, 1.82) is 0 Å². The zero-order chi connectivity index (χ0) is 8.32. The fraction of sp³-hybridized carbons (Fsp3) is 0.375. The zero-order valence-corrected chi connectivity index (χ0v) is 7.06. The molecular formula is C8H9NOS. The van der Waals surface area contributed by atoms with E-state index in [2.05, 4.69) is 22.4 Å². The quantitative estimate of drug-likeness (QED) is 0.476. The lowest BCUT2D eigenvalue weighted by Crippen LogP contribution is -2.21. The summed E-state index contributed by atoms with van der Waals surface area (Å²) < 4.78 is 0. The molecular weight excluding hydrogens is 158 g/mol. The molecule has 0 aromatic rings. The second kappa shape index (κ2) is 3.09. The lowest BCUT2D eigenvalue weighted by atomic mass is 9.97. The van der Waals surface area contributed by atoms with E-state index >= 15 is 0 Å². The first-order valence-corrected chi connectivity index (χ1v) is 3.74. The van der Waals surface area contributed by atoms with Crippen molar-refractivity contribution in [2.45, 2.75) is 18.9 Å². The van der Waals surface area contributed by atoms with Gasteiger partial charge in [0.05, 0.1) is 16.5 Å². The molecule has 0 unspecified atom stereocenters. The van der Waals surface area contributed by atoms with Crippen LogP contribution >= 0.6 is 12.2 Å². The average molecular weight is 167 g/mol. The van der Waals surface area contributed by atoms with Gasteiger partial charge in [-0.1, -0.05) is 12.2 Å². The Hall–Kier alpha value is -0.760.